The first-order chi connectivity index (χ1) is 9.98. The summed E-state index contributed by atoms with van der Waals surface area (Å²) in [5.74, 6) is 0. The number of pyridine rings is 1. The molecule has 5 nitrogen and oxygen atoms in total. The van der Waals surface area contributed by atoms with Crippen LogP contribution >= 0.6 is 0 Å². The molecule has 0 saturated carbocycles. The Balaban J connectivity index is 2.52. The summed E-state index contributed by atoms with van der Waals surface area (Å²) in [6, 6.07) is 6.89. The maximum absolute atomic E-state index is 12.8. The highest BCUT2D eigenvalue weighted by Crippen LogP contribution is 2.24. The second kappa shape index (κ2) is 6.09. The van der Waals surface area contributed by atoms with Crippen molar-refractivity contribution in [3.63, 3.8) is 0 Å². The molecule has 0 amide bonds. The Hall–Kier alpha value is -1.50. The third kappa shape index (κ3) is 3.07. The molecule has 0 spiro atoms. The van der Waals surface area contributed by atoms with E-state index >= 15 is 0 Å². The predicted octanol–water partition coefficient (Wildman–Crippen LogP) is 2.03. The Labute approximate surface area is 125 Å². The van der Waals surface area contributed by atoms with E-state index in [0.717, 1.165) is 5.39 Å². The number of hydrogen-bond acceptors (Lipinski definition) is 4. The van der Waals surface area contributed by atoms with Gasteiger partial charge in [-0.3, -0.25) is 4.98 Å². The SMILES string of the molecule is CCC(CC)(CN)NS(=O)(=O)c1cccc2cnccc12. The Kier molecular flexibility index (Phi) is 4.61. The molecule has 0 aliphatic carbocycles. The van der Waals surface area contributed by atoms with Gasteiger partial charge >= 0.3 is 0 Å². The molecule has 0 aliphatic heterocycles. The number of sulfonamides is 1. The van der Waals surface area contributed by atoms with Gasteiger partial charge in [0.05, 0.1) is 4.90 Å². The highest BCUT2D eigenvalue weighted by atomic mass is 32.2. The molecule has 0 unspecified atom stereocenters. The Bertz CT molecular complexity index is 711. The number of nitrogens with two attached hydrogens (primary N) is 1. The first-order valence-electron chi connectivity index (χ1n) is 7.05. The Morgan fingerprint density at radius 1 is 1.24 bits per heavy atom. The number of benzene rings is 1. The van der Waals surface area contributed by atoms with Crippen LogP contribution in [0.25, 0.3) is 10.8 Å². The zero-order chi connectivity index (χ0) is 15.5. The first kappa shape index (κ1) is 15.9. The van der Waals surface area contributed by atoms with Crippen LogP contribution in [-0.4, -0.2) is 25.5 Å². The molecular weight excluding hydrogens is 286 g/mol. The van der Waals surface area contributed by atoms with Crippen LogP contribution < -0.4 is 10.5 Å². The van der Waals surface area contributed by atoms with Crippen LogP contribution in [0.1, 0.15) is 26.7 Å². The van der Waals surface area contributed by atoms with Gasteiger partial charge in [0.1, 0.15) is 0 Å². The fourth-order valence-electron chi connectivity index (χ4n) is 2.39. The number of rotatable bonds is 6. The quantitative estimate of drug-likeness (QED) is 0.855. The standard InChI is InChI=1S/C15H21N3O2S/c1-3-15(4-2,11-16)18-21(19,20)14-7-5-6-12-10-17-9-8-13(12)14/h5-10,18H,3-4,11,16H2,1-2H3. The van der Waals surface area contributed by atoms with Crippen molar-refractivity contribution in [2.75, 3.05) is 6.54 Å². The van der Waals surface area contributed by atoms with Crippen LogP contribution in [0.5, 0.6) is 0 Å². The van der Waals surface area contributed by atoms with Crippen LogP contribution in [0.2, 0.25) is 0 Å². The molecule has 0 fully saturated rings. The van der Waals surface area contributed by atoms with Crippen molar-refractivity contribution < 1.29 is 8.42 Å². The molecule has 1 aromatic heterocycles. The van der Waals surface area contributed by atoms with Crippen molar-refractivity contribution in [2.45, 2.75) is 37.1 Å². The van der Waals surface area contributed by atoms with E-state index in [1.165, 1.54) is 0 Å². The highest BCUT2D eigenvalue weighted by Gasteiger charge is 2.31. The van der Waals surface area contributed by atoms with Crippen molar-refractivity contribution in [2.24, 2.45) is 5.73 Å². The average molecular weight is 307 g/mol. The second-order valence-corrected chi connectivity index (χ2v) is 6.80. The van der Waals surface area contributed by atoms with Crippen LogP contribution in [-0.2, 0) is 10.0 Å². The largest absolute Gasteiger partial charge is 0.329 e. The lowest BCUT2D eigenvalue weighted by molar-refractivity contribution is 0.363. The minimum absolute atomic E-state index is 0.266. The van der Waals surface area contributed by atoms with Crippen molar-refractivity contribution in [3.8, 4) is 0 Å². The van der Waals surface area contributed by atoms with E-state index in [4.69, 9.17) is 5.73 Å². The summed E-state index contributed by atoms with van der Waals surface area (Å²) in [5, 5.41) is 1.46. The van der Waals surface area contributed by atoms with Crippen molar-refractivity contribution in [1.82, 2.24) is 9.71 Å². The number of hydrogen-bond donors (Lipinski definition) is 2. The summed E-state index contributed by atoms with van der Waals surface area (Å²) in [4.78, 5) is 4.29. The van der Waals surface area contributed by atoms with Gasteiger partial charge < -0.3 is 5.73 Å². The third-order valence-electron chi connectivity index (χ3n) is 4.03. The van der Waals surface area contributed by atoms with Gasteiger partial charge in [-0.1, -0.05) is 26.0 Å². The van der Waals surface area contributed by atoms with Gasteiger partial charge in [0.15, 0.2) is 0 Å². The fraction of sp³-hybridized carbons (Fsp3) is 0.400. The normalized spacial score (nSPS) is 12.7. The highest BCUT2D eigenvalue weighted by molar-refractivity contribution is 7.89. The van der Waals surface area contributed by atoms with E-state index < -0.39 is 15.6 Å². The molecule has 0 saturated heterocycles. The second-order valence-electron chi connectivity index (χ2n) is 5.15. The van der Waals surface area contributed by atoms with Crippen molar-refractivity contribution >= 4 is 20.8 Å². The molecule has 3 N–H and O–H groups in total. The smallest absolute Gasteiger partial charge is 0.241 e. The van der Waals surface area contributed by atoms with Crippen molar-refractivity contribution in [3.05, 3.63) is 36.7 Å². The molecule has 0 atom stereocenters. The van der Waals surface area contributed by atoms with Gasteiger partial charge in [0, 0.05) is 35.2 Å². The predicted molar refractivity (Wildman–Crippen MR) is 84.4 cm³/mol. The summed E-state index contributed by atoms with van der Waals surface area (Å²) in [5.41, 5.74) is 5.19. The zero-order valence-corrected chi connectivity index (χ0v) is 13.2. The van der Waals surface area contributed by atoms with E-state index in [2.05, 4.69) is 9.71 Å². The number of fused-ring (bicyclic) bond motifs is 1. The minimum Gasteiger partial charge on any atom is -0.329 e. The summed E-state index contributed by atoms with van der Waals surface area (Å²) >= 11 is 0. The molecule has 0 aliphatic rings. The fourth-order valence-corrected chi connectivity index (χ4v) is 4.18. The first-order valence-corrected chi connectivity index (χ1v) is 8.53. The molecule has 114 valence electrons. The molecule has 1 heterocycles. The average Bonchev–Trinajstić information content (AvgIpc) is 2.52. The zero-order valence-electron chi connectivity index (χ0n) is 12.3. The van der Waals surface area contributed by atoms with E-state index in [1.54, 1.807) is 30.6 Å². The Morgan fingerprint density at radius 3 is 2.57 bits per heavy atom. The molecule has 0 bridgehead atoms. The molecular formula is C15H21N3O2S. The molecule has 2 aromatic rings. The lowest BCUT2D eigenvalue weighted by Gasteiger charge is -2.31. The minimum atomic E-state index is -3.64. The summed E-state index contributed by atoms with van der Waals surface area (Å²) < 4.78 is 28.3. The van der Waals surface area contributed by atoms with Crippen LogP contribution in [0, 0.1) is 0 Å². The maximum Gasteiger partial charge on any atom is 0.241 e. The number of nitrogens with one attached hydrogen (secondary N) is 1. The molecule has 2 rings (SSSR count). The molecule has 6 heteroatoms. The van der Waals surface area contributed by atoms with Crippen LogP contribution in [0.4, 0.5) is 0 Å². The summed E-state index contributed by atoms with van der Waals surface area (Å²) in [6.07, 6.45) is 4.54. The monoisotopic (exact) mass is 307 g/mol. The van der Waals surface area contributed by atoms with Crippen molar-refractivity contribution in [1.29, 1.82) is 0 Å². The van der Waals surface area contributed by atoms with E-state index in [1.807, 2.05) is 19.9 Å². The van der Waals surface area contributed by atoms with E-state index in [9.17, 15) is 8.42 Å². The topological polar surface area (TPSA) is 85.1 Å². The van der Waals surface area contributed by atoms with E-state index in [0.29, 0.717) is 18.2 Å². The van der Waals surface area contributed by atoms with Crippen LogP contribution in [0.3, 0.4) is 0 Å². The number of aromatic nitrogens is 1. The van der Waals surface area contributed by atoms with Gasteiger partial charge in [-0.15, -0.1) is 0 Å². The summed E-state index contributed by atoms with van der Waals surface area (Å²) in [7, 11) is -3.64. The molecule has 0 radical (unpaired) electrons. The van der Waals surface area contributed by atoms with Crippen LogP contribution in [0.15, 0.2) is 41.6 Å². The number of nitrogens with zero attached hydrogens (tertiary/aromatic N) is 1. The van der Waals surface area contributed by atoms with E-state index in [-0.39, 0.29) is 11.4 Å². The van der Waals surface area contributed by atoms with Gasteiger partial charge in [-0.05, 0) is 25.0 Å². The van der Waals surface area contributed by atoms with Gasteiger partial charge in [0.2, 0.25) is 10.0 Å². The Morgan fingerprint density at radius 2 is 1.95 bits per heavy atom. The van der Waals surface area contributed by atoms with Gasteiger partial charge in [-0.2, -0.15) is 0 Å². The third-order valence-corrected chi connectivity index (χ3v) is 5.66. The van der Waals surface area contributed by atoms with Gasteiger partial charge in [0.25, 0.3) is 0 Å². The molecule has 1 aromatic carbocycles. The summed E-state index contributed by atoms with van der Waals surface area (Å²) in [6.45, 7) is 4.14. The lowest BCUT2D eigenvalue weighted by atomic mass is 9.95. The lowest BCUT2D eigenvalue weighted by Crippen LogP contribution is -2.52. The van der Waals surface area contributed by atoms with Gasteiger partial charge in [-0.25, -0.2) is 13.1 Å². The molecule has 21 heavy (non-hydrogen) atoms. The maximum atomic E-state index is 12.8.